The van der Waals surface area contributed by atoms with Gasteiger partial charge in [-0.05, 0) is 43.2 Å². The standard InChI is InChI=1S/C21H28N8O4/c1-12-3-4-16(15(23)6-8-26-17(24)5-7-22)29(11-12)21(32)19(31)28-13-9-14(18(25)30)20(33-2)27-10-13/h5-10,12,16,24H,3-4,11,22-23H2,1-2H3,(H2,25,30)(H,28,31)/b7-5-,15-6?,24-17?,26-8?/t12-,16?/m0/s1. The molecular weight excluding hydrogens is 428 g/mol. The highest BCUT2D eigenvalue weighted by Gasteiger charge is 2.34. The molecule has 2 atom stereocenters. The van der Waals surface area contributed by atoms with Crippen LogP contribution in [0.4, 0.5) is 5.69 Å². The minimum absolute atomic E-state index is 0.00588. The molecule has 2 heterocycles. The Hall–Kier alpha value is -4.22. The Labute approximate surface area is 191 Å². The second-order valence-electron chi connectivity index (χ2n) is 7.44. The molecule has 0 radical (unpaired) electrons. The zero-order valence-corrected chi connectivity index (χ0v) is 18.4. The molecule has 0 saturated carbocycles. The molecular formula is C21H28N8O4. The van der Waals surface area contributed by atoms with Gasteiger partial charge < -0.3 is 32.2 Å². The Bertz CT molecular complexity index is 1020. The number of nitrogens with two attached hydrogens (primary N) is 3. The van der Waals surface area contributed by atoms with Crippen LogP contribution in [0.3, 0.4) is 0 Å². The van der Waals surface area contributed by atoms with E-state index in [4.69, 9.17) is 27.3 Å². The summed E-state index contributed by atoms with van der Waals surface area (Å²) in [5.41, 5.74) is 17.1. The summed E-state index contributed by atoms with van der Waals surface area (Å²) in [6, 6.07) is 0.769. The highest BCUT2D eigenvalue weighted by molar-refractivity contribution is 6.39. The number of amides is 3. The van der Waals surface area contributed by atoms with Crippen LogP contribution in [0.15, 0.2) is 41.3 Å². The third kappa shape index (κ3) is 6.63. The lowest BCUT2D eigenvalue weighted by Gasteiger charge is -2.38. The number of anilines is 1. The van der Waals surface area contributed by atoms with E-state index in [0.29, 0.717) is 18.7 Å². The fraction of sp³-hybridized carbons (Fsp3) is 0.333. The maximum atomic E-state index is 13.0. The van der Waals surface area contributed by atoms with Gasteiger partial charge in [0.2, 0.25) is 5.88 Å². The van der Waals surface area contributed by atoms with Gasteiger partial charge in [-0.15, -0.1) is 0 Å². The molecule has 0 aromatic carbocycles. The minimum Gasteiger partial charge on any atom is -0.480 e. The smallest absolute Gasteiger partial charge is 0.313 e. The number of aliphatic imine (C=N–C) groups is 1. The first-order chi connectivity index (χ1) is 15.7. The molecule has 1 fully saturated rings. The van der Waals surface area contributed by atoms with E-state index in [2.05, 4.69) is 15.3 Å². The number of primary amides is 1. The van der Waals surface area contributed by atoms with Gasteiger partial charge in [-0.2, -0.15) is 0 Å². The average molecular weight is 457 g/mol. The van der Waals surface area contributed by atoms with Crippen molar-refractivity contribution >= 4 is 35.5 Å². The Morgan fingerprint density at radius 1 is 1.33 bits per heavy atom. The lowest BCUT2D eigenvalue weighted by atomic mass is 9.92. The Morgan fingerprint density at radius 3 is 2.70 bits per heavy atom. The van der Waals surface area contributed by atoms with Gasteiger partial charge in [0.05, 0.1) is 25.0 Å². The zero-order valence-electron chi connectivity index (χ0n) is 18.4. The van der Waals surface area contributed by atoms with E-state index in [1.54, 1.807) is 0 Å². The number of pyridine rings is 1. The summed E-state index contributed by atoms with van der Waals surface area (Å²) in [6.07, 6.45) is 7.96. The molecule has 12 nitrogen and oxygen atoms in total. The van der Waals surface area contributed by atoms with E-state index in [0.717, 1.165) is 6.42 Å². The molecule has 8 N–H and O–H groups in total. The summed E-state index contributed by atoms with van der Waals surface area (Å²) in [5.74, 6) is -2.36. The van der Waals surface area contributed by atoms with Gasteiger partial charge in [0.25, 0.3) is 5.91 Å². The number of allylic oxidation sites excluding steroid dienone is 1. The van der Waals surface area contributed by atoms with E-state index in [1.807, 2.05) is 6.92 Å². The summed E-state index contributed by atoms with van der Waals surface area (Å²) in [6.45, 7) is 2.31. The number of aromatic nitrogens is 1. The van der Waals surface area contributed by atoms with Crippen molar-refractivity contribution in [1.82, 2.24) is 9.88 Å². The van der Waals surface area contributed by atoms with Crippen molar-refractivity contribution in [3.8, 4) is 5.88 Å². The Morgan fingerprint density at radius 2 is 2.06 bits per heavy atom. The monoisotopic (exact) mass is 456 g/mol. The molecule has 176 valence electrons. The van der Waals surface area contributed by atoms with Crippen molar-refractivity contribution < 1.29 is 19.1 Å². The highest BCUT2D eigenvalue weighted by Crippen LogP contribution is 2.25. The quantitative estimate of drug-likeness (QED) is 0.227. The number of amidine groups is 1. The van der Waals surface area contributed by atoms with Crippen LogP contribution in [0.1, 0.15) is 30.1 Å². The van der Waals surface area contributed by atoms with Crippen LogP contribution in [0.25, 0.3) is 0 Å². The van der Waals surface area contributed by atoms with Crippen molar-refractivity contribution in [2.45, 2.75) is 25.8 Å². The number of nitrogens with one attached hydrogen (secondary N) is 2. The first-order valence-electron chi connectivity index (χ1n) is 10.1. The van der Waals surface area contributed by atoms with Gasteiger partial charge in [0, 0.05) is 18.5 Å². The fourth-order valence-electron chi connectivity index (χ4n) is 3.35. The Kier molecular flexibility index (Phi) is 8.66. The number of hydrogen-bond donors (Lipinski definition) is 5. The molecule has 3 amide bonds. The minimum atomic E-state index is -0.909. The summed E-state index contributed by atoms with van der Waals surface area (Å²) in [7, 11) is 1.33. The third-order valence-corrected chi connectivity index (χ3v) is 4.96. The van der Waals surface area contributed by atoms with Crippen LogP contribution in [0, 0.1) is 11.3 Å². The number of ether oxygens (including phenoxy) is 1. The largest absolute Gasteiger partial charge is 0.480 e. The van der Waals surface area contributed by atoms with Crippen molar-refractivity contribution in [1.29, 1.82) is 5.41 Å². The van der Waals surface area contributed by atoms with Gasteiger partial charge in [0.15, 0.2) is 0 Å². The summed E-state index contributed by atoms with van der Waals surface area (Å²) in [4.78, 5) is 46.4. The lowest BCUT2D eigenvalue weighted by Crippen LogP contribution is -2.52. The van der Waals surface area contributed by atoms with Crippen LogP contribution < -0.4 is 27.3 Å². The van der Waals surface area contributed by atoms with Gasteiger partial charge in [0.1, 0.15) is 11.4 Å². The fourth-order valence-corrected chi connectivity index (χ4v) is 3.35. The number of likely N-dealkylation sites (tertiary alicyclic amines) is 1. The molecule has 1 aromatic heterocycles. The predicted octanol–water partition coefficient (Wildman–Crippen LogP) is 0.118. The van der Waals surface area contributed by atoms with Gasteiger partial charge in [-0.3, -0.25) is 19.8 Å². The van der Waals surface area contributed by atoms with Crippen LogP contribution >= 0.6 is 0 Å². The summed E-state index contributed by atoms with van der Waals surface area (Å²) >= 11 is 0. The van der Waals surface area contributed by atoms with E-state index in [-0.39, 0.29) is 28.9 Å². The summed E-state index contributed by atoms with van der Waals surface area (Å²) in [5, 5.41) is 9.99. The first-order valence-corrected chi connectivity index (χ1v) is 10.1. The molecule has 0 aliphatic carbocycles. The highest BCUT2D eigenvalue weighted by atomic mass is 16.5. The van der Waals surface area contributed by atoms with Crippen LogP contribution in [-0.2, 0) is 9.59 Å². The normalized spacial score (nSPS) is 19.0. The van der Waals surface area contributed by atoms with Crippen molar-refractivity contribution in [3.63, 3.8) is 0 Å². The molecule has 2 rings (SSSR count). The molecule has 33 heavy (non-hydrogen) atoms. The molecule has 1 aliphatic heterocycles. The van der Waals surface area contributed by atoms with Gasteiger partial charge in [-0.1, -0.05) is 6.92 Å². The molecule has 1 saturated heterocycles. The van der Waals surface area contributed by atoms with Crippen LogP contribution in [0.5, 0.6) is 5.88 Å². The average Bonchev–Trinajstić information content (AvgIpc) is 2.78. The first kappa shape index (κ1) is 25.0. The lowest BCUT2D eigenvalue weighted by molar-refractivity contribution is -0.145. The number of piperidine rings is 1. The van der Waals surface area contributed by atoms with Crippen LogP contribution in [-0.4, -0.2) is 59.4 Å². The van der Waals surface area contributed by atoms with Crippen molar-refractivity contribution in [3.05, 3.63) is 41.9 Å². The number of carbonyl (C=O) groups excluding carboxylic acids is 3. The molecule has 1 unspecified atom stereocenters. The van der Waals surface area contributed by atoms with Crippen LogP contribution in [0.2, 0.25) is 0 Å². The number of carbonyl (C=O) groups is 3. The van der Waals surface area contributed by atoms with Crippen molar-refractivity contribution in [2.24, 2.45) is 28.1 Å². The number of rotatable bonds is 6. The number of hydrogen-bond acceptors (Lipinski definition) is 8. The number of nitrogens with zero attached hydrogens (tertiary/aromatic N) is 3. The van der Waals surface area contributed by atoms with Gasteiger partial charge in [-0.25, -0.2) is 9.98 Å². The van der Waals surface area contributed by atoms with E-state index < -0.39 is 23.8 Å². The second kappa shape index (κ2) is 11.4. The van der Waals surface area contributed by atoms with E-state index in [9.17, 15) is 14.4 Å². The second-order valence-corrected chi connectivity index (χ2v) is 7.44. The Balaban J connectivity index is 2.20. The molecule has 0 spiro atoms. The molecule has 12 heteroatoms. The predicted molar refractivity (Wildman–Crippen MR) is 124 cm³/mol. The van der Waals surface area contributed by atoms with Crippen molar-refractivity contribution in [2.75, 3.05) is 19.0 Å². The van der Waals surface area contributed by atoms with E-state index in [1.165, 1.54) is 48.8 Å². The molecule has 1 aromatic rings. The summed E-state index contributed by atoms with van der Waals surface area (Å²) < 4.78 is 4.97. The third-order valence-electron chi connectivity index (χ3n) is 4.96. The van der Waals surface area contributed by atoms with Gasteiger partial charge >= 0.3 is 11.8 Å². The molecule has 1 aliphatic rings. The zero-order chi connectivity index (χ0) is 24.5. The van der Waals surface area contributed by atoms with E-state index >= 15 is 0 Å². The topological polar surface area (TPSA) is 203 Å². The SMILES string of the molecule is COc1ncc(NC(=O)C(=O)N2C[C@@H](C)CCC2C(N)=CC=NC(=N)/C=C\N)cc1C(N)=O. The molecule has 0 bridgehead atoms. The maximum Gasteiger partial charge on any atom is 0.313 e. The maximum absolute atomic E-state index is 13.0. The number of methoxy groups -OCH3 is 1.